The number of fused-ring (bicyclic) bond motifs is 1. The van der Waals surface area contributed by atoms with Crippen molar-refractivity contribution in [3.63, 3.8) is 0 Å². The molecule has 0 saturated heterocycles. The number of aryl methyl sites for hydroxylation is 2. The van der Waals surface area contributed by atoms with Crippen molar-refractivity contribution >= 4 is 90.4 Å². The van der Waals surface area contributed by atoms with E-state index in [0.717, 1.165) is 9.40 Å². The Morgan fingerprint density at radius 2 is 0.923 bits per heavy atom. The second-order valence-electron chi connectivity index (χ2n) is 10.2. The molecule has 0 unspecified atom stereocenters. The van der Waals surface area contributed by atoms with Gasteiger partial charge in [-0.3, -0.25) is 4.79 Å². The van der Waals surface area contributed by atoms with Gasteiger partial charge in [-0.05, 0) is 109 Å². The van der Waals surface area contributed by atoms with Gasteiger partial charge < -0.3 is 0 Å². The topological polar surface area (TPSA) is 17.1 Å². The van der Waals surface area contributed by atoms with E-state index in [1.807, 2.05) is 34.0 Å². The van der Waals surface area contributed by atoms with Gasteiger partial charge in [0.15, 0.2) is 0 Å². The first-order chi connectivity index (χ1) is 19.1. The third-order valence-electron chi connectivity index (χ3n) is 7.20. The van der Waals surface area contributed by atoms with Crippen molar-refractivity contribution in [3.05, 3.63) is 61.4 Å². The van der Waals surface area contributed by atoms with E-state index in [0.29, 0.717) is 0 Å². The van der Waals surface area contributed by atoms with Crippen LogP contribution in [0.1, 0.15) is 121 Å². The summed E-state index contributed by atoms with van der Waals surface area (Å²) in [5.41, 5.74) is 6.19. The zero-order valence-corrected chi connectivity index (χ0v) is 28.0. The molecular formula is C33H42OS5. The van der Waals surface area contributed by atoms with Crippen LogP contribution in [0.5, 0.6) is 0 Å². The summed E-state index contributed by atoms with van der Waals surface area (Å²) in [5, 5.41) is 4.76. The highest BCUT2D eigenvalue weighted by atomic mass is 32.2. The van der Waals surface area contributed by atoms with Crippen molar-refractivity contribution in [1.29, 1.82) is 0 Å². The molecule has 0 aliphatic carbocycles. The van der Waals surface area contributed by atoms with Gasteiger partial charge in [-0.25, -0.2) is 0 Å². The SMILES string of the molecule is CCCCc1csc(/C=C/c2sc(/C=C/c3scc(CCCC)c3CCCC)c3sc(=O)sc23)c1CCCC. The summed E-state index contributed by atoms with van der Waals surface area (Å²) >= 11 is 8.43. The molecular weight excluding hydrogens is 573 g/mol. The lowest BCUT2D eigenvalue weighted by Gasteiger charge is -2.05. The van der Waals surface area contributed by atoms with Crippen LogP contribution in [0.15, 0.2) is 15.6 Å². The average Bonchev–Trinajstić information content (AvgIpc) is 3.69. The van der Waals surface area contributed by atoms with Crippen LogP contribution in [0.25, 0.3) is 33.7 Å². The summed E-state index contributed by atoms with van der Waals surface area (Å²) < 4.78 is 2.51. The zero-order chi connectivity index (χ0) is 27.6. The predicted molar refractivity (Wildman–Crippen MR) is 185 cm³/mol. The quantitative estimate of drug-likeness (QED) is 0.123. The molecule has 0 N–H and O–H groups in total. The van der Waals surface area contributed by atoms with Crippen molar-refractivity contribution in [3.8, 4) is 0 Å². The van der Waals surface area contributed by atoms with E-state index >= 15 is 0 Å². The molecule has 6 heteroatoms. The molecule has 0 radical (unpaired) electrons. The van der Waals surface area contributed by atoms with Gasteiger partial charge in [-0.1, -0.05) is 76.1 Å². The molecule has 0 bridgehead atoms. The lowest BCUT2D eigenvalue weighted by Crippen LogP contribution is -1.92. The second-order valence-corrected chi connectivity index (χ2v) is 15.4. The average molecular weight is 615 g/mol. The van der Waals surface area contributed by atoms with Gasteiger partial charge in [0.2, 0.25) is 0 Å². The second kappa shape index (κ2) is 15.6. The summed E-state index contributed by atoms with van der Waals surface area (Å²) in [5.74, 6) is 0. The van der Waals surface area contributed by atoms with Gasteiger partial charge in [0.1, 0.15) is 0 Å². The third-order valence-corrected chi connectivity index (χ3v) is 12.9. The van der Waals surface area contributed by atoms with Gasteiger partial charge in [-0.15, -0.1) is 34.0 Å². The van der Waals surface area contributed by atoms with Crippen LogP contribution in [0, 0.1) is 0 Å². The molecule has 4 aromatic heterocycles. The number of hydrogen-bond donors (Lipinski definition) is 0. The lowest BCUT2D eigenvalue weighted by molar-refractivity contribution is 0.761. The summed E-state index contributed by atoms with van der Waals surface area (Å²) in [7, 11) is 0. The van der Waals surface area contributed by atoms with Crippen molar-refractivity contribution < 1.29 is 0 Å². The molecule has 0 aliphatic heterocycles. The molecule has 0 atom stereocenters. The van der Waals surface area contributed by atoms with Gasteiger partial charge in [0.25, 0.3) is 4.06 Å². The molecule has 0 amide bonds. The summed E-state index contributed by atoms with van der Waals surface area (Å²) in [6, 6.07) is 0. The van der Waals surface area contributed by atoms with Crippen LogP contribution < -0.4 is 4.06 Å². The van der Waals surface area contributed by atoms with Crippen LogP contribution in [-0.2, 0) is 25.7 Å². The van der Waals surface area contributed by atoms with E-state index in [1.54, 1.807) is 22.3 Å². The largest absolute Gasteiger partial charge is 0.288 e. The Labute approximate surface area is 255 Å². The predicted octanol–water partition coefficient (Wildman–Crippen LogP) is 12.2. The highest BCUT2D eigenvalue weighted by Gasteiger charge is 2.15. The normalized spacial score (nSPS) is 12.2. The maximum Gasteiger partial charge on any atom is 0.288 e. The van der Waals surface area contributed by atoms with Crippen molar-refractivity contribution in [1.82, 2.24) is 0 Å². The number of unbranched alkanes of at least 4 members (excludes halogenated alkanes) is 4. The zero-order valence-electron chi connectivity index (χ0n) is 23.9. The summed E-state index contributed by atoms with van der Waals surface area (Å²) in [6.45, 7) is 9.10. The molecule has 4 aromatic rings. The minimum Gasteiger partial charge on any atom is -0.265 e. The van der Waals surface area contributed by atoms with Gasteiger partial charge in [0, 0.05) is 19.5 Å². The minimum atomic E-state index is 0.195. The van der Waals surface area contributed by atoms with Crippen molar-refractivity contribution in [2.75, 3.05) is 0 Å². The van der Waals surface area contributed by atoms with E-state index in [4.69, 9.17) is 0 Å². The Bertz CT molecular complexity index is 1330. The fraction of sp³-hybridized carbons (Fsp3) is 0.485. The first-order valence-corrected chi connectivity index (χ1v) is 18.9. The standard InChI is InChI=1S/C33H42OS5/c1-5-9-13-23-21-35-27(25(23)15-11-7-3)17-19-29-31-32(39-33(34)38-31)30(37-29)20-18-28-26(16-12-8-4)24(22-36-28)14-10-6-2/h17-22H,5-16H2,1-4H3/b19-17+,20-18+. The molecule has 0 saturated carbocycles. The Kier molecular flexibility index (Phi) is 12.3. The van der Waals surface area contributed by atoms with E-state index in [2.05, 4.69) is 62.8 Å². The van der Waals surface area contributed by atoms with Crippen LogP contribution in [0.3, 0.4) is 0 Å². The van der Waals surface area contributed by atoms with Gasteiger partial charge >= 0.3 is 0 Å². The lowest BCUT2D eigenvalue weighted by atomic mass is 10.0. The van der Waals surface area contributed by atoms with E-state index < -0.39 is 0 Å². The molecule has 39 heavy (non-hydrogen) atoms. The monoisotopic (exact) mass is 614 g/mol. The Morgan fingerprint density at radius 1 is 0.538 bits per heavy atom. The van der Waals surface area contributed by atoms with Crippen LogP contribution in [-0.4, -0.2) is 0 Å². The highest BCUT2D eigenvalue weighted by Crippen LogP contribution is 2.39. The molecule has 4 heterocycles. The fourth-order valence-corrected chi connectivity index (χ4v) is 10.5. The molecule has 210 valence electrons. The number of rotatable bonds is 16. The Morgan fingerprint density at radius 3 is 1.33 bits per heavy atom. The van der Waals surface area contributed by atoms with E-state index in [-0.39, 0.29) is 4.06 Å². The summed E-state index contributed by atoms with van der Waals surface area (Å²) in [4.78, 5) is 17.7. The van der Waals surface area contributed by atoms with Gasteiger partial charge in [0.05, 0.1) is 9.40 Å². The number of hydrogen-bond acceptors (Lipinski definition) is 6. The number of thiophene rings is 3. The molecule has 0 fully saturated rings. The van der Waals surface area contributed by atoms with E-state index in [9.17, 15) is 4.79 Å². The van der Waals surface area contributed by atoms with Crippen molar-refractivity contribution in [2.45, 2.75) is 105 Å². The molecule has 1 nitrogen and oxygen atoms in total. The molecule has 0 aromatic carbocycles. The van der Waals surface area contributed by atoms with Crippen LogP contribution in [0.4, 0.5) is 0 Å². The molecule has 0 aliphatic rings. The fourth-order valence-electron chi connectivity index (χ4n) is 4.92. The maximum absolute atomic E-state index is 12.5. The molecule has 4 rings (SSSR count). The first kappa shape index (κ1) is 30.6. The third kappa shape index (κ3) is 7.91. The Hall–Kier alpha value is -1.31. The molecule has 0 spiro atoms. The summed E-state index contributed by atoms with van der Waals surface area (Å²) in [6.07, 6.45) is 23.8. The maximum atomic E-state index is 12.5. The van der Waals surface area contributed by atoms with Crippen LogP contribution >= 0.6 is 56.7 Å². The Balaban J connectivity index is 1.63. The van der Waals surface area contributed by atoms with E-state index in [1.165, 1.54) is 119 Å². The van der Waals surface area contributed by atoms with Gasteiger partial charge in [-0.2, -0.15) is 0 Å². The van der Waals surface area contributed by atoms with Crippen molar-refractivity contribution in [2.24, 2.45) is 0 Å². The minimum absolute atomic E-state index is 0.195. The smallest absolute Gasteiger partial charge is 0.265 e. The highest BCUT2D eigenvalue weighted by molar-refractivity contribution is 7.39. The first-order valence-electron chi connectivity index (χ1n) is 14.7. The van der Waals surface area contributed by atoms with Crippen LogP contribution in [0.2, 0.25) is 0 Å².